The second-order valence-electron chi connectivity index (χ2n) is 21.5. The minimum Gasteiger partial charge on any atom is -0.380 e. The molecule has 0 spiro atoms. The normalized spacial score (nSPS) is 18.4. The van der Waals surface area contributed by atoms with Crippen LogP contribution in [0.5, 0.6) is 0 Å². The van der Waals surface area contributed by atoms with E-state index in [1.54, 1.807) is 12.1 Å². The molecule has 1 aliphatic carbocycles. The molecule has 3 saturated heterocycles. The van der Waals surface area contributed by atoms with Crippen molar-refractivity contribution in [3.8, 4) is 0 Å². The highest BCUT2D eigenvalue weighted by Crippen LogP contribution is 2.43. The van der Waals surface area contributed by atoms with Gasteiger partial charge in [0.2, 0.25) is 5.91 Å². The second-order valence-corrected chi connectivity index (χ2v) is 26.6. The summed E-state index contributed by atoms with van der Waals surface area (Å²) in [5.74, 6) is -1.67. The number of carbonyl (C=O) groups excluding carboxylic acids is 3. The van der Waals surface area contributed by atoms with Crippen molar-refractivity contribution < 1.29 is 48.8 Å². The number of sulfonamides is 1. The molecule has 3 N–H and O–H groups in total. The molecule has 4 amide bonds. The zero-order valence-electron chi connectivity index (χ0n) is 44.9. The fourth-order valence-electron chi connectivity index (χ4n) is 10.7. The molecule has 4 heterocycles. The number of hydrogen-bond acceptors (Lipinski definition) is 14. The van der Waals surface area contributed by atoms with Gasteiger partial charge in [-0.15, -0.1) is 11.8 Å². The van der Waals surface area contributed by atoms with Crippen molar-refractivity contribution in [2.45, 2.75) is 78.7 Å². The van der Waals surface area contributed by atoms with E-state index in [0.717, 1.165) is 61.6 Å². The molecule has 0 radical (unpaired) electrons. The van der Waals surface area contributed by atoms with Crippen LogP contribution in [0.1, 0.15) is 67.4 Å². The molecule has 5 aromatic rings. The summed E-state index contributed by atoms with van der Waals surface area (Å²) in [4.78, 5) is 50.8. The second kappa shape index (κ2) is 25.2. The molecule has 1 atom stereocenters. The Hall–Kier alpha value is -6.08. The van der Waals surface area contributed by atoms with Gasteiger partial charge in [-0.05, 0) is 115 Å². The van der Waals surface area contributed by atoms with Gasteiger partial charge in [-0.1, -0.05) is 61.4 Å². The number of benzene rings is 4. The van der Waals surface area contributed by atoms with Crippen LogP contribution < -0.4 is 25.2 Å². The Labute approximate surface area is 479 Å². The molecule has 4 aliphatic rings. The van der Waals surface area contributed by atoms with Crippen LogP contribution in [0.25, 0.3) is 5.57 Å². The molecule has 4 aromatic carbocycles. The van der Waals surface area contributed by atoms with Gasteiger partial charge >= 0.3 is 11.5 Å². The lowest BCUT2D eigenvalue weighted by atomic mass is 9.73. The lowest BCUT2D eigenvalue weighted by Gasteiger charge is -2.39. The van der Waals surface area contributed by atoms with Gasteiger partial charge < -0.3 is 15.1 Å². The number of hydrogen-bond donors (Lipinski definition) is 3. The molecule has 1 aromatic heterocycles. The van der Waals surface area contributed by atoms with Crippen molar-refractivity contribution in [2.24, 2.45) is 5.41 Å². The zero-order valence-corrected chi connectivity index (χ0v) is 48.1. The number of anilines is 3. The molecular weight excluding hydrogens is 1130 g/mol. The number of nitrogens with zero attached hydrogens (tertiary/aromatic N) is 6. The number of amides is 4. The third-order valence-electron chi connectivity index (χ3n) is 15.2. The van der Waals surface area contributed by atoms with Gasteiger partial charge in [0.05, 0.1) is 10.6 Å². The smallest absolute Gasteiger partial charge is 0.380 e. The van der Waals surface area contributed by atoms with Gasteiger partial charge in [0, 0.05) is 130 Å². The highest BCUT2D eigenvalue weighted by atomic mass is 35.5. The first kappa shape index (κ1) is 59.5. The Bertz CT molecular complexity index is 3360. The minimum atomic E-state index is -6.16. The van der Waals surface area contributed by atoms with Crippen LogP contribution in [0, 0.1) is 11.2 Å². The van der Waals surface area contributed by atoms with Gasteiger partial charge in [0.15, 0.2) is 0 Å². The summed E-state index contributed by atoms with van der Waals surface area (Å²) in [6.07, 6.45) is 4.70. The number of sulfone groups is 1. The van der Waals surface area contributed by atoms with Crippen LogP contribution >= 0.6 is 23.4 Å². The van der Waals surface area contributed by atoms with E-state index in [1.807, 2.05) is 52.1 Å². The molecule has 0 bridgehead atoms. The van der Waals surface area contributed by atoms with Gasteiger partial charge in [-0.25, -0.2) is 35.7 Å². The summed E-state index contributed by atoms with van der Waals surface area (Å²) in [7, 11) is -11.1. The fourth-order valence-corrected chi connectivity index (χ4v) is 13.8. The quantitative estimate of drug-likeness (QED) is 0.0525. The van der Waals surface area contributed by atoms with Crippen LogP contribution in [0.4, 0.5) is 39.5 Å². The van der Waals surface area contributed by atoms with E-state index in [2.05, 4.69) is 56.3 Å². The third kappa shape index (κ3) is 14.8. The number of thioether (sulfide) groups is 1. The lowest BCUT2D eigenvalue weighted by Crippen LogP contribution is -2.50. The first-order valence-corrected chi connectivity index (χ1v) is 31.1. The maximum atomic E-state index is 15.3. The maximum absolute atomic E-state index is 15.3. The fraction of sp³-hybridized carbons (Fsp3) is 0.404. The SMILES string of the molecule is CC1(C)CCC(c2ccc(Cl)cc2)=C(CN2CCN(c3ccc(C(=O)NS(=O)(=O)c4ccc(N[C@H](CCN5CCN(Cc6c(F)ccnc6N6CCC(=O)NC6=O)CC5)CSc5ccccc5)c(S(=O)(=O)C(F)(F)F)c4)cc3)CC2)C1. The summed E-state index contributed by atoms with van der Waals surface area (Å²) < 4.78 is 115. The number of allylic oxidation sites excluding steroid dienone is 1. The van der Waals surface area contributed by atoms with Gasteiger partial charge in [-0.3, -0.25) is 29.6 Å². The number of rotatable bonds is 19. The molecule has 432 valence electrons. The average molecular weight is 1190 g/mol. The number of alkyl halides is 3. The number of piperazine rings is 2. The number of imide groups is 1. The van der Waals surface area contributed by atoms with Crippen molar-refractivity contribution in [2.75, 3.05) is 92.9 Å². The molecule has 0 saturated carbocycles. The summed E-state index contributed by atoms with van der Waals surface area (Å²) in [5, 5.41) is 5.93. The number of carbonyl (C=O) groups is 3. The van der Waals surface area contributed by atoms with E-state index >= 15 is 4.39 Å². The van der Waals surface area contributed by atoms with Crippen molar-refractivity contribution in [1.29, 1.82) is 0 Å². The van der Waals surface area contributed by atoms with Crippen LogP contribution in [-0.4, -0.2) is 144 Å². The lowest BCUT2D eigenvalue weighted by molar-refractivity contribution is -0.120. The number of halogens is 5. The molecule has 3 fully saturated rings. The zero-order chi connectivity index (χ0) is 57.7. The largest absolute Gasteiger partial charge is 0.501 e. The highest BCUT2D eigenvalue weighted by Gasteiger charge is 2.48. The number of nitrogens with one attached hydrogen (secondary N) is 3. The van der Waals surface area contributed by atoms with E-state index in [-0.39, 0.29) is 47.6 Å². The molecular formula is C57H64ClF4N9O7S3. The molecule has 9 rings (SSSR count). The molecule has 0 unspecified atom stereocenters. The van der Waals surface area contributed by atoms with Crippen LogP contribution in [0.3, 0.4) is 0 Å². The van der Waals surface area contributed by atoms with Crippen molar-refractivity contribution in [3.63, 3.8) is 0 Å². The topological polar surface area (TPSA) is 185 Å². The first-order chi connectivity index (χ1) is 38.5. The standard InChI is InChI=1S/C57H64ClF4N9O7S3/c1-56(2)22-18-47(39-8-12-42(58)13-9-39)41(35-56)36-68-30-32-70(33-31-68)44-14-10-40(11-15-44)54(73)66-81(77,78)46-16-17-50(51(34-46)80(75,76)57(60,61)62)64-43(38-79-45-6-4-3-5-7-45)20-24-67-26-28-69(29-27-67)37-48-49(59)19-23-63-53(48)71-25-21-52(72)65-55(71)74/h3-17,19,23,34,43,64H,18,20-22,24-33,35-38H2,1-2H3,(H,66,73)(H,65,72,74)/t43-/m1/s1. The molecule has 16 nitrogen and oxygen atoms in total. The molecule has 81 heavy (non-hydrogen) atoms. The van der Waals surface area contributed by atoms with Crippen molar-refractivity contribution in [3.05, 3.63) is 142 Å². The Morgan fingerprint density at radius 1 is 0.815 bits per heavy atom. The van der Waals surface area contributed by atoms with Gasteiger partial charge in [-0.2, -0.15) is 13.2 Å². The van der Waals surface area contributed by atoms with E-state index < -0.39 is 70.6 Å². The van der Waals surface area contributed by atoms with Crippen LogP contribution in [0.2, 0.25) is 5.02 Å². The van der Waals surface area contributed by atoms with Crippen LogP contribution in [0.15, 0.2) is 130 Å². The van der Waals surface area contributed by atoms with E-state index in [4.69, 9.17) is 11.6 Å². The van der Waals surface area contributed by atoms with E-state index in [0.29, 0.717) is 63.3 Å². The van der Waals surface area contributed by atoms with Crippen molar-refractivity contribution >= 4 is 83.8 Å². The summed E-state index contributed by atoms with van der Waals surface area (Å²) >= 11 is 7.60. The number of aromatic nitrogens is 1. The maximum Gasteiger partial charge on any atom is 0.501 e. The van der Waals surface area contributed by atoms with Gasteiger partial charge in [0.1, 0.15) is 16.5 Å². The van der Waals surface area contributed by atoms with Crippen molar-refractivity contribution in [1.82, 2.24) is 29.7 Å². The van der Waals surface area contributed by atoms with Crippen LogP contribution in [-0.2, 0) is 31.2 Å². The number of pyridine rings is 1. The Balaban J connectivity index is 0.843. The Morgan fingerprint density at radius 2 is 1.48 bits per heavy atom. The predicted molar refractivity (Wildman–Crippen MR) is 306 cm³/mol. The van der Waals surface area contributed by atoms with E-state index in [1.165, 1.54) is 57.8 Å². The third-order valence-corrected chi connectivity index (χ3v) is 19.5. The van der Waals surface area contributed by atoms with E-state index in [9.17, 15) is 44.4 Å². The predicted octanol–water partition coefficient (Wildman–Crippen LogP) is 9.30. The Kier molecular flexibility index (Phi) is 18.5. The molecule has 24 heteroatoms. The monoisotopic (exact) mass is 1190 g/mol. The first-order valence-electron chi connectivity index (χ1n) is 26.7. The average Bonchev–Trinajstić information content (AvgIpc) is 3.43. The summed E-state index contributed by atoms with van der Waals surface area (Å²) in [6.45, 7) is 11.0. The highest BCUT2D eigenvalue weighted by molar-refractivity contribution is 7.99. The molecule has 3 aliphatic heterocycles. The van der Waals surface area contributed by atoms with Gasteiger partial charge in [0.25, 0.3) is 25.8 Å². The summed E-state index contributed by atoms with van der Waals surface area (Å²) in [5.41, 5.74) is -1.11. The number of urea groups is 1. The minimum absolute atomic E-state index is 0.0383. The summed E-state index contributed by atoms with van der Waals surface area (Å²) in [6, 6.07) is 25.8. The Morgan fingerprint density at radius 3 is 2.16 bits per heavy atom.